The van der Waals surface area contributed by atoms with Crippen LogP contribution in [0.3, 0.4) is 0 Å². The summed E-state index contributed by atoms with van der Waals surface area (Å²) >= 11 is 0. The van der Waals surface area contributed by atoms with Crippen LogP contribution in [0.4, 0.5) is 11.5 Å². The molecule has 0 radical (unpaired) electrons. The Morgan fingerprint density at radius 3 is 3.06 bits per heavy atom. The van der Waals surface area contributed by atoms with Gasteiger partial charge in [0.15, 0.2) is 5.82 Å². The fraction of sp³-hybridized carbons (Fsp3) is 0.500. The molecule has 1 aliphatic rings. The lowest BCUT2D eigenvalue weighted by atomic mass is 10.3. The number of likely N-dealkylation sites (N-methyl/N-ethyl adjacent to an activating group) is 1. The van der Waals surface area contributed by atoms with E-state index in [1.54, 1.807) is 13.1 Å². The molecule has 1 atom stereocenters. The third-order valence-electron chi connectivity index (χ3n) is 2.86. The normalized spacial score (nSPS) is 18.9. The average Bonchev–Trinajstić information content (AvgIpc) is 2.72. The van der Waals surface area contributed by atoms with Crippen molar-refractivity contribution in [1.82, 2.24) is 9.88 Å². The number of hydrogen-bond donors (Lipinski definition) is 2. The lowest BCUT2D eigenvalue weighted by Crippen LogP contribution is -2.29. The third kappa shape index (κ3) is 1.89. The molecule has 0 saturated heterocycles. The fourth-order valence-electron chi connectivity index (χ4n) is 2.13. The summed E-state index contributed by atoms with van der Waals surface area (Å²) in [6.45, 7) is 1.42. The van der Waals surface area contributed by atoms with Gasteiger partial charge in [0.2, 0.25) is 0 Å². The summed E-state index contributed by atoms with van der Waals surface area (Å²) < 4.78 is 1.88. The molecule has 0 saturated carbocycles. The van der Waals surface area contributed by atoms with Gasteiger partial charge in [0, 0.05) is 26.2 Å². The van der Waals surface area contributed by atoms with Crippen molar-refractivity contribution in [3.63, 3.8) is 0 Å². The Hall–Kier alpha value is -1.89. The molecular formula is C10H15N5O2. The van der Waals surface area contributed by atoms with Gasteiger partial charge in [0.1, 0.15) is 5.49 Å². The van der Waals surface area contributed by atoms with E-state index in [4.69, 9.17) is 0 Å². The van der Waals surface area contributed by atoms with Gasteiger partial charge in [-0.25, -0.2) is 0 Å². The topological polar surface area (TPSA) is 84.5 Å². The summed E-state index contributed by atoms with van der Waals surface area (Å²) in [6.07, 6.45) is 0. The molecule has 17 heavy (non-hydrogen) atoms. The second-order valence-corrected chi connectivity index (χ2v) is 3.87. The molecule has 7 heteroatoms. The zero-order valence-corrected chi connectivity index (χ0v) is 9.80. The lowest BCUT2D eigenvalue weighted by molar-refractivity contribution is -0.384. The Labute approximate surface area is 98.3 Å². The second-order valence-electron chi connectivity index (χ2n) is 3.87. The van der Waals surface area contributed by atoms with Crippen molar-refractivity contribution in [3.8, 4) is 0 Å². The van der Waals surface area contributed by atoms with Crippen molar-refractivity contribution in [2.24, 2.45) is 4.99 Å². The van der Waals surface area contributed by atoms with Crippen molar-refractivity contribution in [1.29, 1.82) is 0 Å². The first kappa shape index (κ1) is 11.6. The molecule has 1 aromatic heterocycles. The number of hydrogen-bond acceptors (Lipinski definition) is 5. The highest BCUT2D eigenvalue weighted by Gasteiger charge is 2.28. The first-order valence-corrected chi connectivity index (χ1v) is 5.40. The van der Waals surface area contributed by atoms with Crippen molar-refractivity contribution >= 4 is 11.5 Å². The van der Waals surface area contributed by atoms with Gasteiger partial charge in [-0.3, -0.25) is 15.1 Å². The maximum atomic E-state index is 10.9. The number of rotatable bonds is 3. The smallest absolute Gasteiger partial charge is 0.309 e. The molecule has 0 amide bonds. The zero-order chi connectivity index (χ0) is 12.4. The minimum absolute atomic E-state index is 0.0935. The molecule has 2 rings (SSSR count). The van der Waals surface area contributed by atoms with Gasteiger partial charge in [0.25, 0.3) is 0 Å². The highest BCUT2D eigenvalue weighted by Crippen LogP contribution is 2.29. The lowest BCUT2D eigenvalue weighted by Gasteiger charge is -2.13. The van der Waals surface area contributed by atoms with Crippen LogP contribution in [0.5, 0.6) is 0 Å². The van der Waals surface area contributed by atoms with Gasteiger partial charge in [-0.2, -0.15) is 0 Å². The number of aromatic nitrogens is 1. The largest absolute Gasteiger partial charge is 0.364 e. The molecule has 7 nitrogen and oxygen atoms in total. The monoisotopic (exact) mass is 237 g/mol. The van der Waals surface area contributed by atoms with Gasteiger partial charge in [-0.15, -0.1) is 0 Å². The highest BCUT2D eigenvalue weighted by atomic mass is 16.6. The van der Waals surface area contributed by atoms with E-state index < -0.39 is 0 Å². The summed E-state index contributed by atoms with van der Waals surface area (Å²) in [5, 5.41) is 17.1. The molecule has 0 spiro atoms. The van der Waals surface area contributed by atoms with Crippen LogP contribution in [0.15, 0.2) is 17.1 Å². The number of nitrogens with zero attached hydrogens (tertiary/aromatic N) is 3. The predicted molar refractivity (Wildman–Crippen MR) is 64.0 cm³/mol. The molecule has 0 aromatic carbocycles. The van der Waals surface area contributed by atoms with Gasteiger partial charge < -0.3 is 15.2 Å². The maximum Gasteiger partial charge on any atom is 0.309 e. The van der Waals surface area contributed by atoms with E-state index in [0.717, 1.165) is 12.0 Å². The minimum Gasteiger partial charge on any atom is -0.364 e. The van der Waals surface area contributed by atoms with Gasteiger partial charge in [-0.1, -0.05) is 0 Å². The highest BCUT2D eigenvalue weighted by molar-refractivity contribution is 5.58. The Balaban J connectivity index is 2.60. The number of anilines is 1. The third-order valence-corrected chi connectivity index (χ3v) is 2.86. The standard InChI is InChI=1S/C10H15N5O2/c1-11-5-7-6-13-10-8(15(16)17)3-4-9(12-2)14(7)10/h3-4,7,11,13H,5-6H2,1-2H3. The van der Waals surface area contributed by atoms with E-state index in [1.165, 1.54) is 6.07 Å². The Morgan fingerprint density at radius 2 is 2.47 bits per heavy atom. The van der Waals surface area contributed by atoms with Crippen molar-refractivity contribution in [2.45, 2.75) is 6.04 Å². The summed E-state index contributed by atoms with van der Waals surface area (Å²) in [7, 11) is 3.54. The first-order valence-electron chi connectivity index (χ1n) is 5.40. The SMILES string of the molecule is CN=c1ccc([N+](=O)[O-])c2n1C(CNC)CN2. The van der Waals surface area contributed by atoms with Crippen LogP contribution >= 0.6 is 0 Å². The quantitative estimate of drug-likeness (QED) is 0.577. The number of pyridine rings is 1. The van der Waals surface area contributed by atoms with E-state index in [1.807, 2.05) is 11.6 Å². The number of fused-ring (bicyclic) bond motifs is 1. The molecule has 0 bridgehead atoms. The van der Waals surface area contributed by atoms with Crippen LogP contribution in [0.1, 0.15) is 6.04 Å². The van der Waals surface area contributed by atoms with E-state index in [0.29, 0.717) is 12.4 Å². The van der Waals surface area contributed by atoms with E-state index in [2.05, 4.69) is 15.6 Å². The number of nitro groups is 1. The van der Waals surface area contributed by atoms with Crippen molar-refractivity contribution < 1.29 is 4.92 Å². The first-order chi connectivity index (χ1) is 8.19. The molecule has 2 heterocycles. The molecule has 1 aromatic rings. The van der Waals surface area contributed by atoms with Crippen molar-refractivity contribution in [3.05, 3.63) is 27.7 Å². The van der Waals surface area contributed by atoms with Crippen LogP contribution in [-0.4, -0.2) is 36.7 Å². The maximum absolute atomic E-state index is 10.9. The zero-order valence-electron chi connectivity index (χ0n) is 9.80. The predicted octanol–water partition coefficient (Wildman–Crippen LogP) is 0.113. The van der Waals surface area contributed by atoms with Gasteiger partial charge in [-0.05, 0) is 13.1 Å². The minimum atomic E-state index is -0.375. The molecule has 92 valence electrons. The van der Waals surface area contributed by atoms with Crippen LogP contribution in [0.2, 0.25) is 0 Å². The van der Waals surface area contributed by atoms with E-state index in [-0.39, 0.29) is 16.7 Å². The molecule has 2 N–H and O–H groups in total. The summed E-state index contributed by atoms with van der Waals surface area (Å²) in [4.78, 5) is 14.7. The Morgan fingerprint density at radius 1 is 1.71 bits per heavy atom. The molecule has 1 aliphatic heterocycles. The van der Waals surface area contributed by atoms with Crippen LogP contribution in [0.25, 0.3) is 0 Å². The molecular weight excluding hydrogens is 222 g/mol. The van der Waals surface area contributed by atoms with Crippen LogP contribution in [0, 0.1) is 10.1 Å². The number of nitrogens with one attached hydrogen (secondary N) is 2. The van der Waals surface area contributed by atoms with E-state index in [9.17, 15) is 10.1 Å². The van der Waals surface area contributed by atoms with Gasteiger partial charge >= 0.3 is 5.69 Å². The van der Waals surface area contributed by atoms with E-state index >= 15 is 0 Å². The van der Waals surface area contributed by atoms with Gasteiger partial charge in [0.05, 0.1) is 11.0 Å². The van der Waals surface area contributed by atoms with Crippen LogP contribution in [-0.2, 0) is 0 Å². The molecule has 1 unspecified atom stereocenters. The summed E-state index contributed by atoms with van der Waals surface area (Å²) in [5.41, 5.74) is 0.840. The average molecular weight is 237 g/mol. The fourth-order valence-corrected chi connectivity index (χ4v) is 2.13. The molecule has 0 fully saturated rings. The summed E-state index contributed by atoms with van der Waals surface area (Å²) in [5.74, 6) is 0.540. The Kier molecular flexibility index (Phi) is 3.10. The summed E-state index contributed by atoms with van der Waals surface area (Å²) in [6, 6.07) is 3.31. The molecule has 0 aliphatic carbocycles. The van der Waals surface area contributed by atoms with Crippen molar-refractivity contribution in [2.75, 3.05) is 32.5 Å². The Bertz CT molecular complexity index is 508. The second kappa shape index (κ2) is 4.54. The van der Waals surface area contributed by atoms with Crippen LogP contribution < -0.4 is 16.1 Å².